The number of ether oxygens (including phenoxy) is 2. The highest BCUT2D eigenvalue weighted by molar-refractivity contribution is 7.80. The monoisotopic (exact) mass is 378 g/mol. The number of nitrogens with one attached hydrogen (secondary N) is 2. The Kier molecular flexibility index (Phi) is 7.50. The summed E-state index contributed by atoms with van der Waals surface area (Å²) in [4.78, 5) is 11.9. The Labute approximate surface area is 157 Å². The van der Waals surface area contributed by atoms with Gasteiger partial charge in [-0.05, 0) is 55.0 Å². The summed E-state index contributed by atoms with van der Waals surface area (Å²) in [5.41, 5.74) is 0.696. The summed E-state index contributed by atoms with van der Waals surface area (Å²) < 4.78 is 10.8. The number of carbonyl (C=O) groups excluding carboxylic acids is 1. The number of hydrogen-bond donors (Lipinski definition) is 2. The third-order valence-corrected chi connectivity index (χ3v) is 3.69. The molecule has 0 radical (unpaired) electrons. The standard InChI is InChI=1S/C18H19ClN2O3S/c1-23-16-6-3-2-5-15(16)20-18(25)21-17(22)7-4-12-24-14-10-8-13(19)9-11-14/h2-3,5-6,8-11H,4,7,12H2,1H3,(H2,20,21,22,25). The summed E-state index contributed by atoms with van der Waals surface area (Å²) in [5.74, 6) is 1.20. The molecule has 7 heteroatoms. The average molecular weight is 379 g/mol. The van der Waals surface area contributed by atoms with E-state index in [2.05, 4.69) is 10.6 Å². The number of benzene rings is 2. The van der Waals surface area contributed by atoms with Gasteiger partial charge in [0.1, 0.15) is 11.5 Å². The first-order valence-electron chi connectivity index (χ1n) is 7.70. The van der Waals surface area contributed by atoms with Gasteiger partial charge in [0.2, 0.25) is 5.91 Å². The number of para-hydroxylation sites is 2. The van der Waals surface area contributed by atoms with Crippen LogP contribution in [0.25, 0.3) is 0 Å². The fraction of sp³-hybridized carbons (Fsp3) is 0.222. The van der Waals surface area contributed by atoms with E-state index in [9.17, 15) is 4.79 Å². The second-order valence-corrected chi connectivity index (χ2v) is 5.95. The summed E-state index contributed by atoms with van der Waals surface area (Å²) in [6, 6.07) is 14.4. The molecule has 5 nitrogen and oxygen atoms in total. The van der Waals surface area contributed by atoms with Gasteiger partial charge >= 0.3 is 0 Å². The highest BCUT2D eigenvalue weighted by Gasteiger charge is 2.07. The van der Waals surface area contributed by atoms with Crippen molar-refractivity contribution in [1.29, 1.82) is 0 Å². The molecule has 2 aromatic carbocycles. The van der Waals surface area contributed by atoms with E-state index in [0.717, 1.165) is 5.75 Å². The van der Waals surface area contributed by atoms with Gasteiger partial charge in [0, 0.05) is 11.4 Å². The number of anilines is 1. The first-order valence-corrected chi connectivity index (χ1v) is 8.49. The van der Waals surface area contributed by atoms with E-state index in [-0.39, 0.29) is 11.0 Å². The van der Waals surface area contributed by atoms with Crippen molar-refractivity contribution in [3.05, 3.63) is 53.6 Å². The number of thiocarbonyl (C=S) groups is 1. The molecule has 132 valence electrons. The molecule has 0 bridgehead atoms. The van der Waals surface area contributed by atoms with E-state index in [1.54, 1.807) is 37.4 Å². The molecule has 0 spiro atoms. The summed E-state index contributed by atoms with van der Waals surface area (Å²) in [7, 11) is 1.57. The quantitative estimate of drug-likeness (QED) is 0.563. The zero-order chi connectivity index (χ0) is 18.1. The van der Waals surface area contributed by atoms with Crippen molar-refractivity contribution < 1.29 is 14.3 Å². The highest BCUT2D eigenvalue weighted by atomic mass is 35.5. The van der Waals surface area contributed by atoms with Crippen LogP contribution in [0.1, 0.15) is 12.8 Å². The molecule has 2 N–H and O–H groups in total. The fourth-order valence-electron chi connectivity index (χ4n) is 2.04. The number of amides is 1. The molecule has 25 heavy (non-hydrogen) atoms. The van der Waals surface area contributed by atoms with E-state index >= 15 is 0 Å². The Morgan fingerprint density at radius 1 is 1.16 bits per heavy atom. The van der Waals surface area contributed by atoms with Crippen LogP contribution in [-0.4, -0.2) is 24.7 Å². The van der Waals surface area contributed by atoms with Crippen molar-refractivity contribution in [2.75, 3.05) is 19.0 Å². The number of hydrogen-bond acceptors (Lipinski definition) is 4. The lowest BCUT2D eigenvalue weighted by Gasteiger charge is -2.12. The minimum atomic E-state index is -0.174. The van der Waals surface area contributed by atoms with Crippen molar-refractivity contribution >= 4 is 40.5 Å². The second-order valence-electron chi connectivity index (χ2n) is 5.11. The zero-order valence-electron chi connectivity index (χ0n) is 13.8. The highest BCUT2D eigenvalue weighted by Crippen LogP contribution is 2.22. The third-order valence-electron chi connectivity index (χ3n) is 3.24. The lowest BCUT2D eigenvalue weighted by atomic mass is 10.3. The van der Waals surface area contributed by atoms with Gasteiger partial charge in [0.15, 0.2) is 5.11 Å². The van der Waals surface area contributed by atoms with Gasteiger partial charge < -0.3 is 20.1 Å². The van der Waals surface area contributed by atoms with Crippen LogP contribution in [0.2, 0.25) is 5.02 Å². The van der Waals surface area contributed by atoms with Crippen LogP contribution in [0.15, 0.2) is 48.5 Å². The normalized spacial score (nSPS) is 10.0. The smallest absolute Gasteiger partial charge is 0.226 e. The van der Waals surface area contributed by atoms with E-state index in [1.165, 1.54) is 0 Å². The molecule has 2 aromatic rings. The van der Waals surface area contributed by atoms with Crippen LogP contribution < -0.4 is 20.1 Å². The van der Waals surface area contributed by atoms with E-state index in [4.69, 9.17) is 33.3 Å². The molecule has 0 saturated heterocycles. The lowest BCUT2D eigenvalue weighted by molar-refractivity contribution is -0.119. The number of methoxy groups -OCH3 is 1. The molecule has 1 amide bonds. The lowest BCUT2D eigenvalue weighted by Crippen LogP contribution is -2.34. The first kappa shape index (κ1) is 19.0. The van der Waals surface area contributed by atoms with Crippen LogP contribution >= 0.6 is 23.8 Å². The molecule has 0 saturated carbocycles. The fourth-order valence-corrected chi connectivity index (χ4v) is 2.39. The number of rotatable bonds is 7. The van der Waals surface area contributed by atoms with E-state index < -0.39 is 0 Å². The molecule has 2 rings (SSSR count). The largest absolute Gasteiger partial charge is 0.495 e. The van der Waals surface area contributed by atoms with Gasteiger partial charge in [-0.3, -0.25) is 4.79 Å². The summed E-state index contributed by atoms with van der Waals surface area (Å²) >= 11 is 11.0. The molecule has 0 atom stereocenters. The predicted octanol–water partition coefficient (Wildman–Crippen LogP) is 4.02. The van der Waals surface area contributed by atoms with Gasteiger partial charge in [-0.2, -0.15) is 0 Å². The van der Waals surface area contributed by atoms with Crippen LogP contribution in [0.3, 0.4) is 0 Å². The minimum absolute atomic E-state index is 0.174. The maximum absolute atomic E-state index is 11.9. The van der Waals surface area contributed by atoms with Gasteiger partial charge in [0.25, 0.3) is 0 Å². The molecule has 0 unspecified atom stereocenters. The molecule has 0 aliphatic heterocycles. The van der Waals surface area contributed by atoms with Gasteiger partial charge in [-0.25, -0.2) is 0 Å². The average Bonchev–Trinajstić information content (AvgIpc) is 2.60. The van der Waals surface area contributed by atoms with Crippen molar-refractivity contribution in [3.63, 3.8) is 0 Å². The van der Waals surface area contributed by atoms with Crippen molar-refractivity contribution in [3.8, 4) is 11.5 Å². The van der Waals surface area contributed by atoms with Crippen LogP contribution in [0.4, 0.5) is 5.69 Å². The predicted molar refractivity (Wildman–Crippen MR) is 104 cm³/mol. The second kappa shape index (κ2) is 9.86. The van der Waals surface area contributed by atoms with Crippen molar-refractivity contribution in [2.45, 2.75) is 12.8 Å². The molecule has 0 aliphatic rings. The van der Waals surface area contributed by atoms with Crippen LogP contribution in [0, 0.1) is 0 Å². The summed E-state index contributed by atoms with van der Waals surface area (Å²) in [5, 5.41) is 6.47. The maximum Gasteiger partial charge on any atom is 0.226 e. The Bertz CT molecular complexity index is 723. The Morgan fingerprint density at radius 3 is 2.60 bits per heavy atom. The molecular weight excluding hydrogens is 360 g/mol. The zero-order valence-corrected chi connectivity index (χ0v) is 15.3. The van der Waals surface area contributed by atoms with Gasteiger partial charge in [0.05, 0.1) is 19.4 Å². The van der Waals surface area contributed by atoms with Crippen molar-refractivity contribution in [2.24, 2.45) is 0 Å². The van der Waals surface area contributed by atoms with E-state index in [0.29, 0.717) is 35.9 Å². The maximum atomic E-state index is 11.9. The Morgan fingerprint density at radius 2 is 1.88 bits per heavy atom. The topological polar surface area (TPSA) is 59.6 Å². The molecule has 0 aliphatic carbocycles. The van der Waals surface area contributed by atoms with Gasteiger partial charge in [-0.15, -0.1) is 0 Å². The van der Waals surface area contributed by atoms with E-state index in [1.807, 2.05) is 18.2 Å². The molecule has 0 aromatic heterocycles. The molecule has 0 heterocycles. The minimum Gasteiger partial charge on any atom is -0.495 e. The Balaban J connectivity index is 1.69. The third kappa shape index (κ3) is 6.60. The van der Waals surface area contributed by atoms with Crippen molar-refractivity contribution in [1.82, 2.24) is 5.32 Å². The van der Waals surface area contributed by atoms with Crippen LogP contribution in [-0.2, 0) is 4.79 Å². The van der Waals surface area contributed by atoms with Gasteiger partial charge in [-0.1, -0.05) is 23.7 Å². The molecular formula is C18H19ClN2O3S. The summed E-state index contributed by atoms with van der Waals surface area (Å²) in [6.45, 7) is 0.432. The van der Waals surface area contributed by atoms with Crippen LogP contribution in [0.5, 0.6) is 11.5 Å². The number of carbonyl (C=O) groups is 1. The SMILES string of the molecule is COc1ccccc1NC(=S)NC(=O)CCCOc1ccc(Cl)cc1. The first-order chi connectivity index (χ1) is 12.1. The molecule has 0 fully saturated rings. The summed E-state index contributed by atoms with van der Waals surface area (Å²) in [6.07, 6.45) is 0.882. The Hall–Kier alpha value is -2.31. The number of halogens is 1.